The lowest BCUT2D eigenvalue weighted by Crippen LogP contribution is -2.17. The Bertz CT molecular complexity index is 621. The van der Waals surface area contributed by atoms with Gasteiger partial charge in [0.05, 0.1) is 14.3 Å². The van der Waals surface area contributed by atoms with E-state index in [9.17, 15) is 0 Å². The van der Waals surface area contributed by atoms with Gasteiger partial charge in [-0.15, -0.1) is 0 Å². The maximum atomic E-state index is 6.23. The number of nitrogens with zero attached hydrogens (tertiary/aromatic N) is 2. The van der Waals surface area contributed by atoms with E-state index in [1.807, 2.05) is 24.3 Å². The molecule has 1 aromatic heterocycles. The Morgan fingerprint density at radius 2 is 1.68 bits per heavy atom. The molecule has 0 spiro atoms. The highest BCUT2D eigenvalue weighted by atomic mass is 127. The van der Waals surface area contributed by atoms with Crippen LogP contribution in [0.15, 0.2) is 24.3 Å². The van der Waals surface area contributed by atoms with Crippen LogP contribution < -0.4 is 0 Å². The molecule has 0 aliphatic heterocycles. The summed E-state index contributed by atoms with van der Waals surface area (Å²) in [6, 6.07) is 7.51. The third-order valence-electron chi connectivity index (χ3n) is 2.64. The Balaban J connectivity index is 2.68. The maximum Gasteiger partial charge on any atom is 0.162 e. The molecule has 100 valence electrons. The molecule has 2 aromatic rings. The van der Waals surface area contributed by atoms with Crippen molar-refractivity contribution >= 4 is 45.8 Å². The predicted molar refractivity (Wildman–Crippen MR) is 88.9 cm³/mol. The van der Waals surface area contributed by atoms with E-state index in [4.69, 9.17) is 23.2 Å². The van der Waals surface area contributed by atoms with Crippen LogP contribution in [0.1, 0.15) is 26.5 Å². The molecule has 0 fully saturated rings. The molecule has 0 radical (unpaired) electrons. The van der Waals surface area contributed by atoms with Crippen molar-refractivity contribution in [2.24, 2.45) is 0 Å². The van der Waals surface area contributed by atoms with E-state index in [0.29, 0.717) is 16.0 Å². The minimum absolute atomic E-state index is 0.0981. The molecule has 1 aromatic carbocycles. The minimum Gasteiger partial charge on any atom is -0.231 e. The fraction of sp³-hybridized carbons (Fsp3) is 0.286. The highest BCUT2D eigenvalue weighted by molar-refractivity contribution is 14.1. The third kappa shape index (κ3) is 3.20. The Hall–Kier alpha value is -0.390. The molecule has 0 atom stereocenters. The molecular weight excluding hydrogens is 394 g/mol. The molecule has 2 rings (SSSR count). The fourth-order valence-electron chi connectivity index (χ4n) is 1.68. The molecule has 0 bridgehead atoms. The SMILES string of the molecule is CC(C)(C)c1nc(-c2ccccc2Cl)nc(Cl)c1I. The van der Waals surface area contributed by atoms with Gasteiger partial charge in [-0.1, -0.05) is 56.1 Å². The largest absolute Gasteiger partial charge is 0.231 e. The number of hydrogen-bond donors (Lipinski definition) is 0. The van der Waals surface area contributed by atoms with Crippen molar-refractivity contribution in [3.63, 3.8) is 0 Å². The van der Waals surface area contributed by atoms with Crippen molar-refractivity contribution in [3.8, 4) is 11.4 Å². The highest BCUT2D eigenvalue weighted by Crippen LogP contribution is 2.33. The van der Waals surface area contributed by atoms with Gasteiger partial charge in [0.25, 0.3) is 0 Å². The zero-order chi connectivity index (χ0) is 14.2. The second-order valence-corrected chi connectivity index (χ2v) is 7.07. The van der Waals surface area contributed by atoms with Crippen LogP contribution in [0.3, 0.4) is 0 Å². The smallest absolute Gasteiger partial charge is 0.162 e. The van der Waals surface area contributed by atoms with E-state index in [2.05, 4.69) is 53.3 Å². The molecule has 0 amide bonds. The second kappa shape index (κ2) is 5.54. The van der Waals surface area contributed by atoms with Crippen molar-refractivity contribution in [2.45, 2.75) is 26.2 Å². The monoisotopic (exact) mass is 406 g/mol. The first-order valence-corrected chi connectivity index (χ1v) is 7.62. The number of benzene rings is 1. The first-order chi connectivity index (χ1) is 8.80. The summed E-state index contributed by atoms with van der Waals surface area (Å²) in [5.41, 5.74) is 1.63. The van der Waals surface area contributed by atoms with Gasteiger partial charge < -0.3 is 0 Å². The van der Waals surface area contributed by atoms with Gasteiger partial charge in [-0.2, -0.15) is 0 Å². The van der Waals surface area contributed by atoms with Crippen molar-refractivity contribution < 1.29 is 0 Å². The lowest BCUT2D eigenvalue weighted by atomic mass is 9.92. The molecule has 5 heteroatoms. The third-order valence-corrected chi connectivity index (χ3v) is 4.58. The van der Waals surface area contributed by atoms with E-state index in [0.717, 1.165) is 14.8 Å². The quantitative estimate of drug-likeness (QED) is 0.471. The average molecular weight is 407 g/mol. The maximum absolute atomic E-state index is 6.23. The van der Waals surface area contributed by atoms with E-state index in [1.54, 1.807) is 0 Å². The number of halogens is 3. The summed E-state index contributed by atoms with van der Waals surface area (Å²) < 4.78 is 0.891. The van der Waals surface area contributed by atoms with Crippen molar-refractivity contribution in [1.29, 1.82) is 0 Å². The van der Waals surface area contributed by atoms with E-state index < -0.39 is 0 Å². The van der Waals surface area contributed by atoms with Gasteiger partial charge in [-0.3, -0.25) is 0 Å². The first kappa shape index (κ1) is 15.0. The molecule has 2 nitrogen and oxygen atoms in total. The van der Waals surface area contributed by atoms with Gasteiger partial charge in [0.1, 0.15) is 5.15 Å². The Labute approximate surface area is 136 Å². The van der Waals surface area contributed by atoms with Crippen LogP contribution >= 0.6 is 45.8 Å². The van der Waals surface area contributed by atoms with Crippen LogP contribution in [0.2, 0.25) is 10.2 Å². The van der Waals surface area contributed by atoms with E-state index in [-0.39, 0.29) is 5.41 Å². The van der Waals surface area contributed by atoms with Crippen LogP contribution in [0.5, 0.6) is 0 Å². The van der Waals surface area contributed by atoms with Crippen LogP contribution in [0.25, 0.3) is 11.4 Å². The summed E-state index contributed by atoms with van der Waals surface area (Å²) in [5, 5.41) is 1.09. The predicted octanol–water partition coefficient (Wildman–Crippen LogP) is 5.35. The van der Waals surface area contributed by atoms with Crippen LogP contribution in [-0.4, -0.2) is 9.97 Å². The minimum atomic E-state index is -0.0981. The van der Waals surface area contributed by atoms with Crippen LogP contribution in [-0.2, 0) is 5.41 Å². The molecule has 0 saturated carbocycles. The molecule has 0 aliphatic rings. The topological polar surface area (TPSA) is 25.8 Å². The lowest BCUT2D eigenvalue weighted by molar-refractivity contribution is 0.563. The molecule has 1 heterocycles. The fourth-order valence-corrected chi connectivity index (χ4v) is 3.12. The van der Waals surface area contributed by atoms with E-state index >= 15 is 0 Å². The summed E-state index contributed by atoms with van der Waals surface area (Å²) in [6.07, 6.45) is 0. The molecular formula is C14H13Cl2IN2. The zero-order valence-corrected chi connectivity index (χ0v) is 14.5. The molecule has 0 saturated heterocycles. The number of aromatic nitrogens is 2. The summed E-state index contributed by atoms with van der Waals surface area (Å²) in [7, 11) is 0. The number of hydrogen-bond acceptors (Lipinski definition) is 2. The van der Waals surface area contributed by atoms with Gasteiger partial charge in [-0.05, 0) is 34.7 Å². The molecule has 0 N–H and O–H groups in total. The van der Waals surface area contributed by atoms with Crippen molar-refractivity contribution in [2.75, 3.05) is 0 Å². The molecule has 0 unspecified atom stereocenters. The standard InChI is InChI=1S/C14H13Cl2IN2/c1-14(2,3)11-10(17)12(16)19-13(18-11)8-6-4-5-7-9(8)15/h4-7H,1-3H3. The lowest BCUT2D eigenvalue weighted by Gasteiger charge is -2.20. The first-order valence-electron chi connectivity index (χ1n) is 5.79. The summed E-state index contributed by atoms with van der Waals surface area (Å²) >= 11 is 14.6. The summed E-state index contributed by atoms with van der Waals surface area (Å²) in [5.74, 6) is 0.570. The molecule has 19 heavy (non-hydrogen) atoms. The number of rotatable bonds is 1. The van der Waals surface area contributed by atoms with Gasteiger partial charge >= 0.3 is 0 Å². The summed E-state index contributed by atoms with van der Waals surface area (Å²) in [4.78, 5) is 8.99. The highest BCUT2D eigenvalue weighted by Gasteiger charge is 2.23. The second-order valence-electron chi connectivity index (χ2n) is 5.23. The van der Waals surface area contributed by atoms with Gasteiger partial charge in [0, 0.05) is 11.0 Å². The van der Waals surface area contributed by atoms with Crippen LogP contribution in [0.4, 0.5) is 0 Å². The van der Waals surface area contributed by atoms with Crippen molar-refractivity contribution in [1.82, 2.24) is 9.97 Å². The Kier molecular flexibility index (Phi) is 4.38. The van der Waals surface area contributed by atoms with Gasteiger partial charge in [0.2, 0.25) is 0 Å². The normalized spacial score (nSPS) is 11.7. The Morgan fingerprint density at radius 1 is 1.05 bits per heavy atom. The zero-order valence-electron chi connectivity index (χ0n) is 10.8. The van der Waals surface area contributed by atoms with Gasteiger partial charge in [0.15, 0.2) is 5.82 Å². The van der Waals surface area contributed by atoms with E-state index in [1.165, 1.54) is 0 Å². The van der Waals surface area contributed by atoms with Gasteiger partial charge in [-0.25, -0.2) is 9.97 Å². The van der Waals surface area contributed by atoms with Crippen LogP contribution in [0, 0.1) is 3.57 Å². The van der Waals surface area contributed by atoms with Crippen molar-refractivity contribution in [3.05, 3.63) is 43.7 Å². The summed E-state index contributed by atoms with van der Waals surface area (Å²) in [6.45, 7) is 6.30. The average Bonchev–Trinajstić information content (AvgIpc) is 2.31. The molecule has 0 aliphatic carbocycles. The Morgan fingerprint density at radius 3 is 2.26 bits per heavy atom.